The summed E-state index contributed by atoms with van der Waals surface area (Å²) in [4.78, 5) is 25.1. The monoisotopic (exact) mass is 337 g/mol. The van der Waals surface area contributed by atoms with E-state index >= 15 is 0 Å². The molecular weight excluding hydrogens is 335 g/mol. The highest BCUT2D eigenvalue weighted by atomic mass is 32.5. The van der Waals surface area contributed by atoms with Crippen LogP contribution in [0.1, 0.15) is 10.4 Å². The van der Waals surface area contributed by atoms with Gasteiger partial charge in [0.25, 0.3) is 11.4 Å². The molecule has 1 aromatic rings. The molecule has 0 spiro atoms. The highest BCUT2D eigenvalue weighted by molar-refractivity contribution is 8.45. The molecule has 0 N–H and O–H groups in total. The van der Waals surface area contributed by atoms with Gasteiger partial charge in [0.05, 0.1) is 15.8 Å². The Labute approximate surface area is 110 Å². The summed E-state index contributed by atoms with van der Waals surface area (Å²) < 4.78 is 62.8. The van der Waals surface area contributed by atoms with Gasteiger partial charge in [-0.1, -0.05) is 19.4 Å². The van der Waals surface area contributed by atoms with E-state index in [0.29, 0.717) is 0 Å². The first-order valence-corrected chi connectivity index (χ1v) is 6.42. The largest absolute Gasteiger partial charge is 0.544 e. The molecule has 14 heteroatoms. The standard InChI is InChI=1S/C7H3F5N2O6S/c8-21(9,10,11,12)3-1-4(13(17)18)6(7(15)16)5(2-3)14(19)20/h1-2H,(H,15,16)/p-1. The van der Waals surface area contributed by atoms with Crippen LogP contribution in [0.2, 0.25) is 0 Å². The molecular formula is C7H2F5N2O6S-. The van der Waals surface area contributed by atoms with Gasteiger partial charge in [-0.15, -0.1) is 0 Å². The topological polar surface area (TPSA) is 126 Å². The number of rotatable bonds is 4. The number of nitro benzene ring substituents is 2. The lowest BCUT2D eigenvalue weighted by Gasteiger charge is -2.40. The first-order chi connectivity index (χ1) is 9.04. The smallest absolute Gasteiger partial charge is 0.310 e. The van der Waals surface area contributed by atoms with Crippen LogP contribution >= 0.6 is 10.2 Å². The van der Waals surface area contributed by atoms with Crippen LogP contribution in [0.5, 0.6) is 0 Å². The van der Waals surface area contributed by atoms with Crippen molar-refractivity contribution >= 4 is 27.6 Å². The zero-order valence-electron chi connectivity index (χ0n) is 9.30. The molecule has 8 nitrogen and oxygen atoms in total. The predicted octanol–water partition coefficient (Wildman–Crippen LogP) is 2.52. The number of carbonyl (C=O) groups excluding carboxylic acids is 1. The molecule has 0 aliphatic rings. The Morgan fingerprint density at radius 2 is 1.29 bits per heavy atom. The van der Waals surface area contributed by atoms with Gasteiger partial charge in [-0.3, -0.25) is 20.2 Å². The Morgan fingerprint density at radius 3 is 1.48 bits per heavy atom. The summed E-state index contributed by atoms with van der Waals surface area (Å²) >= 11 is 0. The molecule has 0 aromatic heterocycles. The number of halogens is 5. The summed E-state index contributed by atoms with van der Waals surface area (Å²) in [6.07, 6.45) is 0. The minimum atomic E-state index is -10.5. The van der Waals surface area contributed by atoms with Crippen molar-refractivity contribution in [2.75, 3.05) is 0 Å². The van der Waals surface area contributed by atoms with Gasteiger partial charge >= 0.3 is 10.2 Å². The van der Waals surface area contributed by atoms with Gasteiger partial charge in [0.2, 0.25) is 0 Å². The molecule has 0 fully saturated rings. The number of carboxylic acid groups (broad SMARTS) is 1. The number of hydrogen-bond acceptors (Lipinski definition) is 6. The van der Waals surface area contributed by atoms with Crippen molar-refractivity contribution in [2.24, 2.45) is 0 Å². The third kappa shape index (κ3) is 3.33. The molecule has 21 heavy (non-hydrogen) atoms. The average molecular weight is 337 g/mol. The summed E-state index contributed by atoms with van der Waals surface area (Å²) in [5.74, 6) is -2.55. The second-order valence-electron chi connectivity index (χ2n) is 3.61. The third-order valence-electron chi connectivity index (χ3n) is 2.11. The number of aromatic carboxylic acids is 1. The van der Waals surface area contributed by atoms with Crippen LogP contribution in [-0.4, -0.2) is 15.8 Å². The Balaban J connectivity index is 3.99. The molecule has 0 saturated carbocycles. The van der Waals surface area contributed by atoms with Gasteiger partial charge in [-0.25, -0.2) is 0 Å². The van der Waals surface area contributed by atoms with Crippen LogP contribution in [0.3, 0.4) is 0 Å². The summed E-state index contributed by atoms with van der Waals surface area (Å²) in [6, 6.07) is -1.56. The Morgan fingerprint density at radius 1 is 0.952 bits per heavy atom. The van der Waals surface area contributed by atoms with Crippen LogP contribution in [0.4, 0.5) is 30.8 Å². The van der Waals surface area contributed by atoms with Crippen molar-refractivity contribution < 1.29 is 39.2 Å². The van der Waals surface area contributed by atoms with Crippen LogP contribution < -0.4 is 5.11 Å². The Kier molecular flexibility index (Phi) is 2.97. The molecule has 0 amide bonds. The lowest BCUT2D eigenvalue weighted by molar-refractivity contribution is -0.396. The van der Waals surface area contributed by atoms with Gasteiger partial charge in [0, 0.05) is 12.1 Å². The van der Waals surface area contributed by atoms with E-state index in [9.17, 15) is 49.6 Å². The fraction of sp³-hybridized carbons (Fsp3) is 0. The highest BCUT2D eigenvalue weighted by Crippen LogP contribution is 3.02. The maximum atomic E-state index is 12.6. The van der Waals surface area contributed by atoms with E-state index in [2.05, 4.69) is 0 Å². The van der Waals surface area contributed by atoms with Gasteiger partial charge < -0.3 is 9.90 Å². The highest BCUT2D eigenvalue weighted by Gasteiger charge is 2.66. The minimum absolute atomic E-state index is 0.778. The number of hydrogen-bond donors (Lipinski definition) is 0. The third-order valence-corrected chi connectivity index (χ3v) is 3.24. The van der Waals surface area contributed by atoms with Crippen LogP contribution in [0.25, 0.3) is 0 Å². The maximum absolute atomic E-state index is 12.6. The molecule has 1 aromatic carbocycles. The number of carbonyl (C=O) groups is 1. The molecule has 1 rings (SSSR count). The van der Waals surface area contributed by atoms with E-state index in [-0.39, 0.29) is 0 Å². The van der Waals surface area contributed by atoms with E-state index < -0.39 is 60.0 Å². The molecule has 0 radical (unpaired) electrons. The molecule has 0 aliphatic heterocycles. The zero-order valence-corrected chi connectivity index (χ0v) is 10.1. The quantitative estimate of drug-likeness (QED) is 0.472. The van der Waals surface area contributed by atoms with Crippen LogP contribution in [0.15, 0.2) is 17.0 Å². The van der Waals surface area contributed by atoms with E-state index in [0.717, 1.165) is 0 Å². The fourth-order valence-electron chi connectivity index (χ4n) is 1.31. The number of nitro groups is 2. The lowest BCUT2D eigenvalue weighted by Crippen LogP contribution is -2.25. The van der Waals surface area contributed by atoms with Crippen molar-refractivity contribution in [1.82, 2.24) is 0 Å². The number of carboxylic acids is 1. The minimum Gasteiger partial charge on any atom is -0.544 e. The molecule has 0 saturated heterocycles. The summed E-state index contributed by atoms with van der Waals surface area (Å²) in [5, 5.41) is 31.6. The SMILES string of the molecule is O=C([O-])c1c([N+](=O)[O-])cc(S(F)(F)(F)(F)F)cc1[N+](=O)[O-]. The summed E-state index contributed by atoms with van der Waals surface area (Å²) in [6.45, 7) is 0. The van der Waals surface area contributed by atoms with E-state index in [1.54, 1.807) is 0 Å². The van der Waals surface area contributed by atoms with Gasteiger partial charge in [0.15, 0.2) is 5.56 Å². The maximum Gasteiger partial charge on any atom is 0.310 e. The second kappa shape index (κ2) is 3.78. The van der Waals surface area contributed by atoms with Gasteiger partial charge in [0.1, 0.15) is 4.90 Å². The fourth-order valence-corrected chi connectivity index (χ4v) is 1.98. The molecule has 118 valence electrons. The van der Waals surface area contributed by atoms with Crippen molar-refractivity contribution in [3.8, 4) is 0 Å². The van der Waals surface area contributed by atoms with Crippen molar-refractivity contribution in [3.05, 3.63) is 37.9 Å². The van der Waals surface area contributed by atoms with Crippen LogP contribution in [-0.2, 0) is 0 Å². The number of nitrogens with zero attached hydrogens (tertiary/aromatic N) is 2. The first-order valence-electron chi connectivity index (χ1n) is 4.47. The first kappa shape index (κ1) is 16.5. The summed E-state index contributed by atoms with van der Waals surface area (Å²) in [7, 11) is -10.5. The molecule has 0 heterocycles. The summed E-state index contributed by atoms with van der Waals surface area (Å²) in [5.41, 5.74) is -5.88. The second-order valence-corrected chi connectivity index (χ2v) is 6.02. The number of benzene rings is 1. The van der Waals surface area contributed by atoms with Crippen molar-refractivity contribution in [2.45, 2.75) is 4.90 Å². The van der Waals surface area contributed by atoms with E-state index in [1.165, 1.54) is 0 Å². The van der Waals surface area contributed by atoms with Crippen LogP contribution in [0, 0.1) is 20.2 Å². The van der Waals surface area contributed by atoms with E-state index in [1.807, 2.05) is 0 Å². The van der Waals surface area contributed by atoms with Gasteiger partial charge in [-0.05, 0) is 0 Å². The Hall–Kier alpha value is -2.51. The van der Waals surface area contributed by atoms with Crippen molar-refractivity contribution in [3.63, 3.8) is 0 Å². The van der Waals surface area contributed by atoms with E-state index in [4.69, 9.17) is 0 Å². The molecule has 0 aliphatic carbocycles. The predicted molar refractivity (Wildman–Crippen MR) is 55.5 cm³/mol. The average Bonchev–Trinajstić information content (AvgIpc) is 2.23. The normalized spacial score (nSPS) is 14.9. The molecule has 0 bridgehead atoms. The van der Waals surface area contributed by atoms with Gasteiger partial charge in [-0.2, -0.15) is 0 Å². The molecule has 0 atom stereocenters. The lowest BCUT2D eigenvalue weighted by atomic mass is 10.1. The van der Waals surface area contributed by atoms with Crippen molar-refractivity contribution in [1.29, 1.82) is 0 Å². The molecule has 0 unspecified atom stereocenters. The zero-order chi connectivity index (χ0) is 16.9. The Bertz CT molecular complexity index is 652.